The molecule has 3 nitrogen and oxygen atoms in total. The number of hydrogen-bond acceptors (Lipinski definition) is 2. The van der Waals surface area contributed by atoms with Crippen molar-refractivity contribution in [3.8, 4) is 22.6 Å². The Balaban J connectivity index is 0.000000186. The minimum Gasteiger partial charge on any atom is -0.332 e. The largest absolute Gasteiger partial charge is 0.332 e. The SMILES string of the molecule is [2H]C([2H])([2H])c1cnc(-c2[c-]cccc2)cc1C([2H])([2H])[2H].[Ir].[c-]1ccccc1-c1nc2cccc3c4ccccc4c4ccccc4c4ccccc4n1c23. The van der Waals surface area contributed by atoms with Gasteiger partial charge in [0.15, 0.2) is 0 Å². The Kier molecular flexibility index (Phi) is 6.89. The molecule has 9 aromatic rings. The van der Waals surface area contributed by atoms with Crippen molar-refractivity contribution in [2.24, 2.45) is 0 Å². The van der Waals surface area contributed by atoms with Crippen LogP contribution in [0.2, 0.25) is 0 Å². The molecule has 0 bridgehead atoms. The second-order valence-corrected chi connectivity index (χ2v) is 11.2. The number of hydrogen-bond donors (Lipinski definition) is 0. The van der Waals surface area contributed by atoms with Gasteiger partial charge < -0.3 is 9.38 Å². The van der Waals surface area contributed by atoms with Crippen LogP contribution in [-0.4, -0.2) is 14.4 Å². The van der Waals surface area contributed by atoms with Crippen LogP contribution in [0.1, 0.15) is 19.4 Å². The van der Waals surface area contributed by atoms with Crippen LogP contribution in [0.25, 0.3) is 71.5 Å². The average Bonchev–Trinajstić information content (AvgIpc) is 3.59. The van der Waals surface area contributed by atoms with Crippen molar-refractivity contribution in [1.82, 2.24) is 14.4 Å². The summed E-state index contributed by atoms with van der Waals surface area (Å²) in [6, 6.07) is 55.2. The first-order valence-corrected chi connectivity index (χ1v) is 15.3. The summed E-state index contributed by atoms with van der Waals surface area (Å²) in [6.07, 6.45) is 1.12. The molecule has 48 heavy (non-hydrogen) atoms. The van der Waals surface area contributed by atoms with Gasteiger partial charge in [-0.1, -0.05) is 90.5 Å². The van der Waals surface area contributed by atoms with Crippen LogP contribution in [0.4, 0.5) is 0 Å². The molecule has 3 aromatic heterocycles. The molecule has 9 rings (SSSR count). The number of fused-ring (bicyclic) bond motifs is 7. The van der Waals surface area contributed by atoms with E-state index < -0.39 is 13.7 Å². The number of rotatable bonds is 2. The molecule has 0 atom stereocenters. The number of benzene rings is 6. The number of para-hydroxylation sites is 2. The van der Waals surface area contributed by atoms with Gasteiger partial charge in [-0.15, -0.1) is 71.8 Å². The molecule has 4 heteroatoms. The number of pyridine rings is 1. The first kappa shape index (κ1) is 24.7. The second-order valence-electron chi connectivity index (χ2n) is 11.2. The van der Waals surface area contributed by atoms with Crippen molar-refractivity contribution in [3.05, 3.63) is 175 Å². The maximum atomic E-state index is 7.50. The normalized spacial score (nSPS) is 13.3. The third kappa shape index (κ3) is 5.60. The minimum absolute atomic E-state index is 0. The van der Waals surface area contributed by atoms with Gasteiger partial charge in [-0.25, -0.2) is 0 Å². The van der Waals surface area contributed by atoms with Crippen molar-refractivity contribution >= 4 is 48.9 Å². The van der Waals surface area contributed by atoms with Gasteiger partial charge in [0.25, 0.3) is 0 Å². The summed E-state index contributed by atoms with van der Waals surface area (Å²) in [6.45, 7) is -5.01. The van der Waals surface area contributed by atoms with E-state index in [1.165, 1.54) is 38.4 Å². The van der Waals surface area contributed by atoms with E-state index >= 15 is 0 Å². The fraction of sp³-hybridized carbons (Fsp3) is 0.0455. The molecule has 0 saturated heterocycles. The maximum absolute atomic E-state index is 7.50. The molecule has 3 heterocycles. The summed E-state index contributed by atoms with van der Waals surface area (Å²) >= 11 is 0. The molecule has 0 N–H and O–H groups in total. The molecular weight excluding hydrogens is 763 g/mol. The Morgan fingerprint density at radius 2 is 1.12 bits per heavy atom. The number of imidazole rings is 1. The zero-order valence-corrected chi connectivity index (χ0v) is 28.0. The van der Waals surface area contributed by atoms with Gasteiger partial charge in [0.05, 0.1) is 16.9 Å². The third-order valence-electron chi connectivity index (χ3n) is 8.39. The minimum atomic E-state index is -2.50. The van der Waals surface area contributed by atoms with Crippen LogP contribution in [0, 0.1) is 25.8 Å². The van der Waals surface area contributed by atoms with Crippen LogP contribution in [0.5, 0.6) is 0 Å². The maximum Gasteiger partial charge on any atom is 0.0780 e. The molecule has 0 aliphatic carbocycles. The third-order valence-corrected chi connectivity index (χ3v) is 8.39. The Morgan fingerprint density at radius 3 is 1.77 bits per heavy atom. The first-order valence-electron chi connectivity index (χ1n) is 18.3. The number of nitrogens with zero attached hydrogens (tertiary/aromatic N) is 3. The molecule has 0 spiro atoms. The van der Waals surface area contributed by atoms with Crippen LogP contribution in [0.3, 0.4) is 0 Å². The van der Waals surface area contributed by atoms with Gasteiger partial charge in [0, 0.05) is 50.8 Å². The second kappa shape index (κ2) is 13.4. The summed E-state index contributed by atoms with van der Waals surface area (Å²) < 4.78 is 47.0. The Hall–Kier alpha value is -5.41. The number of aryl methyl sites for hydroxylation is 2. The van der Waals surface area contributed by atoms with E-state index in [1.807, 2.05) is 18.2 Å². The van der Waals surface area contributed by atoms with Crippen LogP contribution < -0.4 is 0 Å². The van der Waals surface area contributed by atoms with Crippen molar-refractivity contribution in [1.29, 1.82) is 0 Å². The van der Waals surface area contributed by atoms with Crippen LogP contribution in [-0.2, 0) is 20.1 Å². The Bertz CT molecular complexity index is 2810. The molecule has 233 valence electrons. The van der Waals surface area contributed by atoms with E-state index in [4.69, 9.17) is 13.2 Å². The van der Waals surface area contributed by atoms with E-state index in [9.17, 15) is 0 Å². The van der Waals surface area contributed by atoms with Gasteiger partial charge in [-0.3, -0.25) is 4.98 Å². The topological polar surface area (TPSA) is 30.2 Å². The van der Waals surface area contributed by atoms with E-state index in [-0.39, 0.29) is 31.2 Å². The summed E-state index contributed by atoms with van der Waals surface area (Å²) in [4.78, 5) is 9.18. The van der Waals surface area contributed by atoms with Gasteiger partial charge in [0.1, 0.15) is 0 Å². The summed E-state index contributed by atoms with van der Waals surface area (Å²) in [5.41, 5.74) is 4.79. The Labute approximate surface area is 302 Å². The molecular formula is C44H31IrN3-2. The zero-order valence-electron chi connectivity index (χ0n) is 31.6. The Morgan fingerprint density at radius 1 is 0.562 bits per heavy atom. The molecule has 0 aliphatic rings. The van der Waals surface area contributed by atoms with Gasteiger partial charge in [-0.2, -0.15) is 0 Å². The predicted octanol–water partition coefficient (Wildman–Crippen LogP) is 11.1. The van der Waals surface area contributed by atoms with Crippen molar-refractivity contribution in [2.75, 3.05) is 0 Å². The van der Waals surface area contributed by atoms with Gasteiger partial charge in [-0.05, 0) is 58.6 Å². The van der Waals surface area contributed by atoms with E-state index in [2.05, 4.69) is 119 Å². The smallest absolute Gasteiger partial charge is 0.0780 e. The molecule has 1 radical (unpaired) electrons. The van der Waals surface area contributed by atoms with E-state index in [1.54, 1.807) is 24.3 Å². The quantitative estimate of drug-likeness (QED) is 0.163. The summed E-state index contributed by atoms with van der Waals surface area (Å²) in [7, 11) is 0. The molecule has 0 unspecified atom stereocenters. The van der Waals surface area contributed by atoms with Crippen molar-refractivity contribution in [2.45, 2.75) is 13.7 Å². The molecule has 0 saturated carbocycles. The number of aromatic nitrogens is 3. The summed E-state index contributed by atoms with van der Waals surface area (Å²) in [5.74, 6) is 0.905. The standard InChI is InChI=1S/C31H19N2.C13H12N.Ir/c1-2-11-21(12-3-1)31-32-28-19-10-18-27-25-16-7-5-14-23(25)22-13-4-6-15-24(22)26-17-8-9-20-29(26)33(31)30(27)28;1-10-8-13(14-9-11(10)2)12-6-4-3-5-7-12;/h1-11,13-20H;3-6,8-9H,1-2H3;/q2*-1;/i;1D3,2D3;. The first-order chi connectivity index (χ1) is 25.6. The monoisotopic (exact) mass is 800 g/mol. The van der Waals surface area contributed by atoms with E-state index in [0.29, 0.717) is 11.3 Å². The molecule has 0 fully saturated rings. The van der Waals surface area contributed by atoms with E-state index in [0.717, 1.165) is 34.1 Å². The van der Waals surface area contributed by atoms with Crippen LogP contribution in [0.15, 0.2) is 152 Å². The molecule has 0 aliphatic heterocycles. The van der Waals surface area contributed by atoms with Gasteiger partial charge >= 0.3 is 0 Å². The van der Waals surface area contributed by atoms with Crippen molar-refractivity contribution < 1.29 is 28.3 Å². The zero-order chi connectivity index (χ0) is 36.7. The summed E-state index contributed by atoms with van der Waals surface area (Å²) in [5, 5.41) is 7.29. The average molecular weight is 800 g/mol. The van der Waals surface area contributed by atoms with Crippen LogP contribution >= 0.6 is 0 Å². The molecule has 6 aromatic carbocycles. The fourth-order valence-corrected chi connectivity index (χ4v) is 6.25. The van der Waals surface area contributed by atoms with Crippen molar-refractivity contribution in [3.63, 3.8) is 0 Å². The molecule has 0 amide bonds. The van der Waals surface area contributed by atoms with Gasteiger partial charge in [0.2, 0.25) is 0 Å². The predicted molar refractivity (Wildman–Crippen MR) is 196 cm³/mol. The fourth-order valence-electron chi connectivity index (χ4n) is 6.25.